The van der Waals surface area contributed by atoms with Gasteiger partial charge in [0.25, 0.3) is 0 Å². The first-order chi connectivity index (χ1) is 7.11. The zero-order chi connectivity index (χ0) is 11.3. The average Bonchev–Trinajstić information content (AvgIpc) is 2.17. The predicted octanol–water partition coefficient (Wildman–Crippen LogP) is 4.46. The molecule has 1 aromatic rings. The summed E-state index contributed by atoms with van der Waals surface area (Å²) in [6.45, 7) is 6.82. The Balaban J connectivity index is 2.65. The fourth-order valence-corrected chi connectivity index (χ4v) is 2.04. The summed E-state index contributed by atoms with van der Waals surface area (Å²) in [6.07, 6.45) is 2.37. The Morgan fingerprint density at radius 3 is 2.20 bits per heavy atom. The lowest BCUT2D eigenvalue weighted by Gasteiger charge is -2.10. The van der Waals surface area contributed by atoms with Gasteiger partial charge < -0.3 is 0 Å². The summed E-state index contributed by atoms with van der Waals surface area (Å²) in [5.74, 6) is 1.47. The first-order valence-corrected chi connectivity index (χ1v) is 6.87. The summed E-state index contributed by atoms with van der Waals surface area (Å²) in [7, 11) is 0. The van der Waals surface area contributed by atoms with E-state index in [9.17, 15) is 0 Å². The minimum atomic E-state index is 0.722. The first kappa shape index (κ1) is 12.8. The minimum Gasteiger partial charge on any atom is -0.0925 e. The molecule has 0 aliphatic heterocycles. The summed E-state index contributed by atoms with van der Waals surface area (Å²) < 4.78 is 0. The number of rotatable bonds is 5. The zero-order valence-electron chi connectivity index (χ0n) is 9.96. The maximum Gasteiger partial charge on any atom is 0.00602 e. The van der Waals surface area contributed by atoms with Crippen LogP contribution in [0.15, 0.2) is 24.3 Å². The minimum absolute atomic E-state index is 0.722. The van der Waals surface area contributed by atoms with Crippen molar-refractivity contribution in [1.82, 2.24) is 0 Å². The van der Waals surface area contributed by atoms with Crippen LogP contribution in [0.5, 0.6) is 0 Å². The highest BCUT2D eigenvalue weighted by atomic mass is 79.9. The van der Waals surface area contributed by atoms with Crippen LogP contribution in [-0.4, -0.2) is 5.33 Å². The monoisotopic (exact) mass is 268 g/mol. The van der Waals surface area contributed by atoms with E-state index >= 15 is 0 Å². The number of alkyl halides is 1. The third-order valence-corrected chi connectivity index (χ3v) is 3.59. The standard InChI is InChI=1S/C14H21Br/c1-11(2)7-13-5-4-6-14(9-13)8-12(3)10-15/h4-6,9,11-12H,7-8,10H2,1-3H3. The molecule has 0 aliphatic carbocycles. The molecule has 1 atom stereocenters. The van der Waals surface area contributed by atoms with Gasteiger partial charge in [0, 0.05) is 5.33 Å². The Morgan fingerprint density at radius 1 is 1.07 bits per heavy atom. The molecule has 0 heterocycles. The molecular weight excluding hydrogens is 248 g/mol. The van der Waals surface area contributed by atoms with E-state index in [0.717, 1.165) is 17.2 Å². The Morgan fingerprint density at radius 2 is 1.67 bits per heavy atom. The highest BCUT2D eigenvalue weighted by Crippen LogP contribution is 2.14. The molecule has 15 heavy (non-hydrogen) atoms. The van der Waals surface area contributed by atoms with Gasteiger partial charge in [0.1, 0.15) is 0 Å². The Bertz CT molecular complexity index is 291. The van der Waals surface area contributed by atoms with Crippen molar-refractivity contribution in [3.05, 3.63) is 35.4 Å². The van der Waals surface area contributed by atoms with Crippen molar-refractivity contribution in [1.29, 1.82) is 0 Å². The number of hydrogen-bond acceptors (Lipinski definition) is 0. The molecule has 1 rings (SSSR count). The molecule has 0 fully saturated rings. The molecule has 0 bridgehead atoms. The molecular formula is C14H21Br. The van der Waals surface area contributed by atoms with Gasteiger partial charge in [-0.2, -0.15) is 0 Å². The van der Waals surface area contributed by atoms with E-state index in [1.165, 1.54) is 24.0 Å². The highest BCUT2D eigenvalue weighted by Gasteiger charge is 2.03. The lowest BCUT2D eigenvalue weighted by Crippen LogP contribution is -2.02. The van der Waals surface area contributed by atoms with Gasteiger partial charge in [-0.05, 0) is 35.8 Å². The van der Waals surface area contributed by atoms with E-state index in [2.05, 4.69) is 61.0 Å². The van der Waals surface area contributed by atoms with E-state index < -0.39 is 0 Å². The smallest absolute Gasteiger partial charge is 0.00602 e. The van der Waals surface area contributed by atoms with Crippen LogP contribution in [0.3, 0.4) is 0 Å². The molecule has 0 saturated carbocycles. The largest absolute Gasteiger partial charge is 0.0925 e. The maximum absolute atomic E-state index is 3.53. The average molecular weight is 269 g/mol. The fourth-order valence-electron chi connectivity index (χ4n) is 1.81. The summed E-state index contributed by atoms with van der Waals surface area (Å²) in [6, 6.07) is 9.03. The summed E-state index contributed by atoms with van der Waals surface area (Å²) >= 11 is 3.53. The van der Waals surface area contributed by atoms with Gasteiger partial charge in [-0.1, -0.05) is 61.0 Å². The third kappa shape index (κ3) is 4.83. The first-order valence-electron chi connectivity index (χ1n) is 5.75. The van der Waals surface area contributed by atoms with Crippen molar-refractivity contribution in [2.45, 2.75) is 33.6 Å². The molecule has 0 amide bonds. The second-order valence-electron chi connectivity index (χ2n) is 4.88. The zero-order valence-corrected chi connectivity index (χ0v) is 11.5. The Labute approximate surface area is 102 Å². The third-order valence-electron chi connectivity index (χ3n) is 2.48. The van der Waals surface area contributed by atoms with Crippen LogP contribution in [0.2, 0.25) is 0 Å². The van der Waals surface area contributed by atoms with Crippen molar-refractivity contribution in [3.8, 4) is 0 Å². The molecule has 0 N–H and O–H groups in total. The normalized spacial score (nSPS) is 13.1. The van der Waals surface area contributed by atoms with Crippen molar-refractivity contribution in [3.63, 3.8) is 0 Å². The van der Waals surface area contributed by atoms with Gasteiger partial charge in [-0.25, -0.2) is 0 Å². The molecule has 0 saturated heterocycles. The molecule has 1 unspecified atom stereocenters. The van der Waals surface area contributed by atoms with Crippen LogP contribution in [0.25, 0.3) is 0 Å². The van der Waals surface area contributed by atoms with Crippen LogP contribution in [0.4, 0.5) is 0 Å². The molecule has 0 aromatic heterocycles. The number of benzene rings is 1. The van der Waals surface area contributed by atoms with E-state index in [4.69, 9.17) is 0 Å². The molecule has 0 spiro atoms. The quantitative estimate of drug-likeness (QED) is 0.692. The number of halogens is 1. The van der Waals surface area contributed by atoms with Crippen molar-refractivity contribution in [2.24, 2.45) is 11.8 Å². The highest BCUT2D eigenvalue weighted by molar-refractivity contribution is 9.09. The van der Waals surface area contributed by atoms with Crippen LogP contribution < -0.4 is 0 Å². The number of hydrogen-bond donors (Lipinski definition) is 0. The Hall–Kier alpha value is -0.300. The van der Waals surface area contributed by atoms with E-state index in [0.29, 0.717) is 0 Å². The van der Waals surface area contributed by atoms with Crippen molar-refractivity contribution >= 4 is 15.9 Å². The summed E-state index contributed by atoms with van der Waals surface area (Å²) in [5.41, 5.74) is 2.95. The molecule has 1 heteroatoms. The maximum atomic E-state index is 3.53. The van der Waals surface area contributed by atoms with Gasteiger partial charge in [0.05, 0.1) is 0 Å². The van der Waals surface area contributed by atoms with Gasteiger partial charge in [0.15, 0.2) is 0 Å². The van der Waals surface area contributed by atoms with Gasteiger partial charge in [-0.15, -0.1) is 0 Å². The lowest BCUT2D eigenvalue weighted by molar-refractivity contribution is 0.641. The topological polar surface area (TPSA) is 0 Å². The van der Waals surface area contributed by atoms with Crippen LogP contribution in [0.1, 0.15) is 31.9 Å². The molecule has 1 aromatic carbocycles. The van der Waals surface area contributed by atoms with Gasteiger partial charge in [-0.3, -0.25) is 0 Å². The predicted molar refractivity (Wildman–Crippen MR) is 71.6 cm³/mol. The summed E-state index contributed by atoms with van der Waals surface area (Å²) in [5, 5.41) is 1.08. The molecule has 84 valence electrons. The second kappa shape index (κ2) is 6.32. The SMILES string of the molecule is CC(C)Cc1cccc(CC(C)CBr)c1. The van der Waals surface area contributed by atoms with Gasteiger partial charge >= 0.3 is 0 Å². The van der Waals surface area contributed by atoms with Crippen LogP contribution >= 0.6 is 15.9 Å². The molecule has 0 radical (unpaired) electrons. The van der Waals surface area contributed by atoms with E-state index in [-0.39, 0.29) is 0 Å². The Kier molecular flexibility index (Phi) is 5.38. The fraction of sp³-hybridized carbons (Fsp3) is 0.571. The molecule has 0 nitrogen and oxygen atoms in total. The van der Waals surface area contributed by atoms with Crippen LogP contribution in [-0.2, 0) is 12.8 Å². The van der Waals surface area contributed by atoms with Crippen molar-refractivity contribution in [2.75, 3.05) is 5.33 Å². The lowest BCUT2D eigenvalue weighted by atomic mass is 9.97. The van der Waals surface area contributed by atoms with E-state index in [1.54, 1.807) is 0 Å². The van der Waals surface area contributed by atoms with Gasteiger partial charge in [0.2, 0.25) is 0 Å². The second-order valence-corrected chi connectivity index (χ2v) is 5.53. The van der Waals surface area contributed by atoms with Crippen LogP contribution in [0, 0.1) is 11.8 Å². The van der Waals surface area contributed by atoms with Crippen molar-refractivity contribution < 1.29 is 0 Å². The molecule has 0 aliphatic rings. The summed E-state index contributed by atoms with van der Waals surface area (Å²) in [4.78, 5) is 0. The van der Waals surface area contributed by atoms with E-state index in [1.807, 2.05) is 0 Å².